The van der Waals surface area contributed by atoms with Gasteiger partial charge in [0, 0.05) is 18.1 Å². The number of nitriles is 1. The number of hydrogen-bond donors (Lipinski definition) is 1. The first-order valence-corrected chi connectivity index (χ1v) is 9.46. The number of aryl methyl sites for hydroxylation is 2. The maximum atomic E-state index is 11.6. The average Bonchev–Trinajstić information content (AvgIpc) is 2.83. The van der Waals surface area contributed by atoms with Crippen molar-refractivity contribution in [1.82, 2.24) is 4.98 Å². The predicted octanol–water partition coefficient (Wildman–Crippen LogP) is 2.57. The first kappa shape index (κ1) is 15.8. The number of nitrogens with one attached hydrogen (secondary N) is 1. The molecule has 1 unspecified atom stereocenters. The number of benzene rings is 1. The van der Waals surface area contributed by atoms with Crippen molar-refractivity contribution in [3.05, 3.63) is 35.0 Å². The van der Waals surface area contributed by atoms with Crippen LogP contribution in [0.4, 0.5) is 5.69 Å². The van der Waals surface area contributed by atoms with Gasteiger partial charge in [-0.3, -0.25) is 4.98 Å². The molecule has 0 spiro atoms. The van der Waals surface area contributed by atoms with Crippen LogP contribution in [0.5, 0.6) is 0 Å². The maximum absolute atomic E-state index is 11.6. The standard InChI is InChI=1S/C17H19N3O2S/c1-11-5-12(2)16-15(6-11)17(14(7-18)9-20-16)19-8-13-3-4-23(21,22)10-13/h5-6,9,13H,3-4,8,10H2,1-2H3,(H,19,20). The van der Waals surface area contributed by atoms with Crippen molar-refractivity contribution in [3.63, 3.8) is 0 Å². The number of hydrogen-bond acceptors (Lipinski definition) is 5. The molecular weight excluding hydrogens is 310 g/mol. The molecule has 23 heavy (non-hydrogen) atoms. The SMILES string of the molecule is Cc1cc(C)c2ncc(C#N)c(NCC3CCS(=O)(=O)C3)c2c1. The summed E-state index contributed by atoms with van der Waals surface area (Å²) in [6.45, 7) is 4.57. The fraction of sp³-hybridized carbons (Fsp3) is 0.412. The Balaban J connectivity index is 1.97. The van der Waals surface area contributed by atoms with Gasteiger partial charge >= 0.3 is 0 Å². The molecule has 1 aromatic heterocycles. The zero-order valence-electron chi connectivity index (χ0n) is 13.3. The number of anilines is 1. The number of sulfone groups is 1. The van der Waals surface area contributed by atoms with Gasteiger partial charge in [-0.05, 0) is 37.8 Å². The molecule has 120 valence electrons. The molecule has 2 aromatic rings. The van der Waals surface area contributed by atoms with Gasteiger partial charge in [0.2, 0.25) is 0 Å². The van der Waals surface area contributed by atoms with Crippen LogP contribution >= 0.6 is 0 Å². The highest BCUT2D eigenvalue weighted by Gasteiger charge is 2.27. The lowest BCUT2D eigenvalue weighted by Crippen LogP contribution is -2.16. The van der Waals surface area contributed by atoms with Crippen LogP contribution in [-0.4, -0.2) is 31.5 Å². The normalized spacial score (nSPS) is 19.6. The highest BCUT2D eigenvalue weighted by atomic mass is 32.2. The largest absolute Gasteiger partial charge is 0.383 e. The highest BCUT2D eigenvalue weighted by molar-refractivity contribution is 7.91. The Morgan fingerprint density at radius 2 is 2.17 bits per heavy atom. The summed E-state index contributed by atoms with van der Waals surface area (Å²) >= 11 is 0. The molecule has 1 atom stereocenters. The summed E-state index contributed by atoms with van der Waals surface area (Å²) in [5.41, 5.74) is 4.29. The minimum atomic E-state index is -2.89. The van der Waals surface area contributed by atoms with Gasteiger partial charge in [0.05, 0.1) is 28.3 Å². The van der Waals surface area contributed by atoms with Gasteiger partial charge < -0.3 is 5.32 Å². The van der Waals surface area contributed by atoms with E-state index in [1.54, 1.807) is 6.20 Å². The maximum Gasteiger partial charge on any atom is 0.150 e. The summed E-state index contributed by atoms with van der Waals surface area (Å²) in [4.78, 5) is 4.40. The third kappa shape index (κ3) is 3.15. The van der Waals surface area contributed by atoms with Crippen LogP contribution in [0.1, 0.15) is 23.1 Å². The number of fused-ring (bicyclic) bond motifs is 1. The Labute approximate surface area is 136 Å². The van der Waals surface area contributed by atoms with E-state index < -0.39 is 9.84 Å². The van der Waals surface area contributed by atoms with E-state index in [9.17, 15) is 13.7 Å². The number of nitrogens with zero attached hydrogens (tertiary/aromatic N) is 2. The van der Waals surface area contributed by atoms with E-state index in [4.69, 9.17) is 0 Å². The van der Waals surface area contributed by atoms with Crippen molar-refractivity contribution in [2.24, 2.45) is 5.92 Å². The molecule has 0 amide bonds. The zero-order valence-corrected chi connectivity index (χ0v) is 14.1. The van der Waals surface area contributed by atoms with Gasteiger partial charge in [0.1, 0.15) is 6.07 Å². The molecule has 6 heteroatoms. The molecule has 0 aliphatic carbocycles. The fourth-order valence-corrected chi connectivity index (χ4v) is 5.08. The molecule has 1 saturated heterocycles. The van der Waals surface area contributed by atoms with Gasteiger partial charge in [0.25, 0.3) is 0 Å². The van der Waals surface area contributed by atoms with E-state index >= 15 is 0 Å². The molecule has 5 nitrogen and oxygen atoms in total. The molecule has 1 fully saturated rings. The fourth-order valence-electron chi connectivity index (χ4n) is 3.22. The van der Waals surface area contributed by atoms with Gasteiger partial charge in [-0.15, -0.1) is 0 Å². The van der Waals surface area contributed by atoms with E-state index in [1.165, 1.54) is 0 Å². The van der Waals surface area contributed by atoms with Crippen molar-refractivity contribution in [2.75, 3.05) is 23.4 Å². The zero-order chi connectivity index (χ0) is 16.6. The van der Waals surface area contributed by atoms with Gasteiger partial charge in [-0.25, -0.2) is 8.42 Å². The molecule has 0 radical (unpaired) electrons. The Hall–Kier alpha value is -2.13. The van der Waals surface area contributed by atoms with Crippen molar-refractivity contribution < 1.29 is 8.42 Å². The lowest BCUT2D eigenvalue weighted by molar-refractivity contribution is 0.596. The predicted molar refractivity (Wildman–Crippen MR) is 91.2 cm³/mol. The van der Waals surface area contributed by atoms with Gasteiger partial charge in [-0.1, -0.05) is 11.6 Å². The molecule has 0 saturated carbocycles. The topological polar surface area (TPSA) is 82.8 Å². The summed E-state index contributed by atoms with van der Waals surface area (Å²) in [5, 5.41) is 13.6. The molecule has 0 bridgehead atoms. The van der Waals surface area contributed by atoms with Crippen molar-refractivity contribution in [1.29, 1.82) is 5.26 Å². The summed E-state index contributed by atoms with van der Waals surface area (Å²) in [5.74, 6) is 0.587. The van der Waals surface area contributed by atoms with E-state index in [2.05, 4.69) is 22.4 Å². The van der Waals surface area contributed by atoms with Gasteiger partial charge in [-0.2, -0.15) is 5.26 Å². The second-order valence-electron chi connectivity index (χ2n) is 6.29. The number of rotatable bonds is 3. The Bertz CT molecular complexity index is 914. The third-order valence-electron chi connectivity index (χ3n) is 4.32. The van der Waals surface area contributed by atoms with Crippen LogP contribution in [0.3, 0.4) is 0 Å². The van der Waals surface area contributed by atoms with Crippen molar-refractivity contribution in [2.45, 2.75) is 20.3 Å². The first-order valence-electron chi connectivity index (χ1n) is 7.64. The molecule has 1 aliphatic heterocycles. The van der Waals surface area contributed by atoms with Crippen LogP contribution in [0.2, 0.25) is 0 Å². The van der Waals surface area contributed by atoms with Crippen LogP contribution in [-0.2, 0) is 9.84 Å². The van der Waals surface area contributed by atoms with E-state index in [0.717, 1.165) is 27.7 Å². The summed E-state index contributed by atoms with van der Waals surface area (Å²) < 4.78 is 23.2. The Kier molecular flexibility index (Phi) is 3.99. The van der Waals surface area contributed by atoms with Crippen LogP contribution in [0.15, 0.2) is 18.3 Å². The highest BCUT2D eigenvalue weighted by Crippen LogP contribution is 2.29. The average molecular weight is 329 g/mol. The minimum Gasteiger partial charge on any atom is -0.383 e. The molecule has 1 N–H and O–H groups in total. The number of aromatic nitrogens is 1. The van der Waals surface area contributed by atoms with Crippen LogP contribution in [0.25, 0.3) is 10.9 Å². The molecule has 1 aromatic carbocycles. The Morgan fingerprint density at radius 3 is 2.83 bits per heavy atom. The summed E-state index contributed by atoms with van der Waals surface area (Å²) in [7, 11) is -2.89. The minimum absolute atomic E-state index is 0.0978. The first-order chi connectivity index (χ1) is 10.9. The third-order valence-corrected chi connectivity index (χ3v) is 6.16. The van der Waals surface area contributed by atoms with Crippen LogP contribution < -0.4 is 5.32 Å². The molecule has 1 aliphatic rings. The van der Waals surface area contributed by atoms with Crippen LogP contribution in [0, 0.1) is 31.1 Å². The molecule has 3 rings (SSSR count). The second kappa shape index (κ2) is 5.82. The lowest BCUT2D eigenvalue weighted by Gasteiger charge is -2.15. The molecule has 2 heterocycles. The Morgan fingerprint density at radius 1 is 1.39 bits per heavy atom. The molecular formula is C17H19N3O2S. The van der Waals surface area contributed by atoms with Gasteiger partial charge in [0.15, 0.2) is 9.84 Å². The van der Waals surface area contributed by atoms with Crippen molar-refractivity contribution in [3.8, 4) is 6.07 Å². The lowest BCUT2D eigenvalue weighted by atomic mass is 10.0. The number of pyridine rings is 1. The van der Waals surface area contributed by atoms with E-state index in [-0.39, 0.29) is 17.4 Å². The quantitative estimate of drug-likeness (QED) is 0.936. The van der Waals surface area contributed by atoms with E-state index in [1.807, 2.05) is 19.9 Å². The second-order valence-corrected chi connectivity index (χ2v) is 8.52. The summed E-state index contributed by atoms with van der Waals surface area (Å²) in [6.07, 6.45) is 2.26. The monoisotopic (exact) mass is 329 g/mol. The smallest absolute Gasteiger partial charge is 0.150 e. The van der Waals surface area contributed by atoms with E-state index in [0.29, 0.717) is 18.5 Å². The van der Waals surface area contributed by atoms with Crippen molar-refractivity contribution >= 4 is 26.4 Å². The summed E-state index contributed by atoms with van der Waals surface area (Å²) in [6, 6.07) is 6.26.